The maximum absolute atomic E-state index is 8.97. The second-order valence-corrected chi connectivity index (χ2v) is 11.4. The van der Waals surface area contributed by atoms with E-state index >= 15 is 0 Å². The van der Waals surface area contributed by atoms with Crippen LogP contribution in [0, 0.1) is 54.1 Å². The van der Waals surface area contributed by atoms with E-state index in [1.54, 1.807) is 0 Å². The summed E-state index contributed by atoms with van der Waals surface area (Å²) in [6.07, 6.45) is 11.1. The molecule has 4 heteroatoms. The Hall–Kier alpha value is -2.98. The highest BCUT2D eigenvalue weighted by Crippen LogP contribution is 2.72. The average Bonchev–Trinajstić information content (AvgIpc) is 2.76. The summed E-state index contributed by atoms with van der Waals surface area (Å²) < 4.78 is 10.3. The summed E-state index contributed by atoms with van der Waals surface area (Å²) in [4.78, 5) is 0. The summed E-state index contributed by atoms with van der Waals surface area (Å²) in [5.74, 6) is 2.66. The van der Waals surface area contributed by atoms with E-state index in [-0.39, 0.29) is 10.8 Å². The minimum absolute atomic E-state index is 0.148. The van der Waals surface area contributed by atoms with E-state index in [0.29, 0.717) is 28.7 Å². The molecule has 4 aliphatic carbocycles. The van der Waals surface area contributed by atoms with Crippen LogP contribution >= 0.6 is 0 Å². The molecule has 170 valence electrons. The Morgan fingerprint density at radius 3 is 1.67 bits per heavy atom. The van der Waals surface area contributed by atoms with Gasteiger partial charge in [0.05, 0.1) is 0 Å². The first-order valence-corrected chi connectivity index (χ1v) is 12.1. The molecule has 4 aliphatic rings. The molecule has 33 heavy (non-hydrogen) atoms. The molecule has 4 nitrogen and oxygen atoms in total. The average molecular weight is 441 g/mol. The first kappa shape index (κ1) is 21.8. The Bertz CT molecular complexity index is 1100. The van der Waals surface area contributed by atoms with Gasteiger partial charge in [-0.1, -0.05) is 38.1 Å². The van der Waals surface area contributed by atoms with Gasteiger partial charge in [0, 0.05) is 0 Å². The summed E-state index contributed by atoms with van der Waals surface area (Å²) >= 11 is 0. The van der Waals surface area contributed by atoms with Crippen molar-refractivity contribution in [2.24, 2.45) is 17.3 Å². The predicted octanol–water partition coefficient (Wildman–Crippen LogP) is 6.84. The summed E-state index contributed by atoms with van der Waals surface area (Å²) in [6.45, 7) is 8.92. The van der Waals surface area contributed by atoms with E-state index < -0.39 is 0 Å². The van der Waals surface area contributed by atoms with Crippen LogP contribution in [0.25, 0.3) is 0 Å². The van der Waals surface area contributed by atoms with Crippen LogP contribution in [-0.2, 0) is 10.8 Å². The fraction of sp³-hybridized carbons (Fsp3) is 0.517. The van der Waals surface area contributed by atoms with Gasteiger partial charge in [0.2, 0.25) is 0 Å². The van der Waals surface area contributed by atoms with Gasteiger partial charge in [-0.25, -0.2) is 0 Å². The minimum atomic E-state index is 0.148. The van der Waals surface area contributed by atoms with Crippen molar-refractivity contribution < 1.29 is 9.47 Å². The second-order valence-electron chi connectivity index (χ2n) is 11.4. The molecule has 0 aromatic heterocycles. The normalized spacial score (nSPS) is 31.8. The van der Waals surface area contributed by atoms with E-state index in [4.69, 9.17) is 20.0 Å². The van der Waals surface area contributed by atoms with Crippen LogP contribution in [0.15, 0.2) is 36.4 Å². The smallest absolute Gasteiger partial charge is 0.292 e. The Morgan fingerprint density at radius 2 is 1.27 bits per heavy atom. The van der Waals surface area contributed by atoms with Gasteiger partial charge < -0.3 is 9.47 Å². The van der Waals surface area contributed by atoms with Crippen LogP contribution in [0.4, 0.5) is 0 Å². The highest BCUT2D eigenvalue weighted by Gasteiger charge is 2.64. The zero-order chi connectivity index (χ0) is 23.4. The monoisotopic (exact) mass is 440 g/mol. The molecule has 0 heterocycles. The summed E-state index contributed by atoms with van der Waals surface area (Å²) in [6, 6.07) is 12.9. The molecule has 4 saturated carbocycles. The Balaban J connectivity index is 1.62. The number of nitrogens with zero attached hydrogens (tertiary/aromatic N) is 2. The summed E-state index contributed by atoms with van der Waals surface area (Å²) in [5, 5.41) is 17.9. The molecule has 6 rings (SSSR count). The third-order valence-corrected chi connectivity index (χ3v) is 9.22. The molecule has 0 N–H and O–H groups in total. The van der Waals surface area contributed by atoms with Crippen molar-refractivity contribution in [1.29, 1.82) is 10.5 Å². The number of ether oxygens (including phenoxy) is 2. The zero-order valence-corrected chi connectivity index (χ0v) is 20.1. The van der Waals surface area contributed by atoms with E-state index in [0.717, 1.165) is 17.5 Å². The van der Waals surface area contributed by atoms with E-state index in [9.17, 15) is 0 Å². The van der Waals surface area contributed by atoms with E-state index in [1.807, 2.05) is 38.5 Å². The molecule has 4 bridgehead atoms. The van der Waals surface area contributed by atoms with Crippen molar-refractivity contribution in [2.75, 3.05) is 0 Å². The van der Waals surface area contributed by atoms with Gasteiger partial charge in [-0.15, -0.1) is 10.5 Å². The first-order valence-electron chi connectivity index (χ1n) is 12.1. The molecule has 2 aromatic carbocycles. The zero-order valence-electron chi connectivity index (χ0n) is 20.1. The molecule has 4 fully saturated rings. The van der Waals surface area contributed by atoms with E-state index in [1.165, 1.54) is 43.2 Å². The molecule has 0 amide bonds. The number of hydrogen-bond donors (Lipinski definition) is 0. The molecular weight excluding hydrogens is 408 g/mol. The van der Waals surface area contributed by atoms with Gasteiger partial charge in [0.1, 0.15) is 11.5 Å². The lowest BCUT2D eigenvalue weighted by Crippen LogP contribution is -2.61. The van der Waals surface area contributed by atoms with Crippen LogP contribution < -0.4 is 9.47 Å². The maximum Gasteiger partial charge on any atom is 0.292 e. The van der Waals surface area contributed by atoms with Gasteiger partial charge in [0.25, 0.3) is 12.5 Å². The van der Waals surface area contributed by atoms with Crippen LogP contribution in [0.5, 0.6) is 11.5 Å². The SMILES string of the molecule is Cc1cc(C23CC4CC(c5ccc(OC#N)c(C)c5)(C2)CC(C(C)C)(C4)C3)ccc1OC#N. The van der Waals surface area contributed by atoms with Gasteiger partial charge >= 0.3 is 0 Å². The van der Waals surface area contributed by atoms with Crippen molar-refractivity contribution in [3.8, 4) is 24.0 Å². The van der Waals surface area contributed by atoms with Gasteiger partial charge in [-0.2, -0.15) is 0 Å². The lowest BCUT2D eigenvalue weighted by Gasteiger charge is -2.68. The van der Waals surface area contributed by atoms with Gasteiger partial charge in [-0.3, -0.25) is 0 Å². The lowest BCUT2D eigenvalue weighted by molar-refractivity contribution is -0.113. The molecular formula is C29H32N2O2. The van der Waals surface area contributed by atoms with E-state index in [2.05, 4.69) is 38.1 Å². The van der Waals surface area contributed by atoms with Crippen molar-refractivity contribution in [3.05, 3.63) is 58.7 Å². The number of hydrogen-bond acceptors (Lipinski definition) is 4. The summed E-state index contributed by atoms with van der Waals surface area (Å²) in [5.41, 5.74) is 5.52. The van der Waals surface area contributed by atoms with Crippen LogP contribution in [0.1, 0.15) is 74.6 Å². The Kier molecular flexibility index (Phi) is 4.98. The quantitative estimate of drug-likeness (QED) is 0.477. The predicted molar refractivity (Wildman–Crippen MR) is 127 cm³/mol. The Morgan fingerprint density at radius 1 is 0.788 bits per heavy atom. The molecule has 0 aliphatic heterocycles. The highest BCUT2D eigenvalue weighted by molar-refractivity contribution is 5.46. The van der Waals surface area contributed by atoms with Crippen molar-refractivity contribution in [2.45, 2.75) is 77.0 Å². The fourth-order valence-corrected chi connectivity index (χ4v) is 8.09. The number of benzene rings is 2. The summed E-state index contributed by atoms with van der Waals surface area (Å²) in [7, 11) is 0. The van der Waals surface area contributed by atoms with Crippen LogP contribution in [0.2, 0.25) is 0 Å². The molecule has 2 unspecified atom stereocenters. The number of rotatable bonds is 5. The fourth-order valence-electron chi connectivity index (χ4n) is 8.09. The Labute approximate surface area is 197 Å². The maximum atomic E-state index is 8.97. The molecule has 2 aromatic rings. The molecule has 0 saturated heterocycles. The first-order chi connectivity index (χ1) is 15.7. The largest absolute Gasteiger partial charge is 0.388 e. The highest BCUT2D eigenvalue weighted by atomic mass is 16.5. The van der Waals surface area contributed by atoms with Crippen LogP contribution in [-0.4, -0.2) is 0 Å². The standard InChI is InChI=1S/C29H32N2O2/c1-19(2)27-11-22-12-28(14-27,23-5-7-25(32-17-30)20(3)9-23)16-29(13-22,15-27)24-6-8-26(33-18-31)21(4)10-24/h5-10,19,22H,11-16H2,1-4H3. The van der Waals surface area contributed by atoms with Gasteiger partial charge in [0.15, 0.2) is 0 Å². The second kappa shape index (κ2) is 7.53. The lowest BCUT2D eigenvalue weighted by atomic mass is 9.36. The van der Waals surface area contributed by atoms with Gasteiger partial charge in [-0.05, 0) is 115 Å². The number of nitriles is 2. The molecule has 0 radical (unpaired) electrons. The van der Waals surface area contributed by atoms with Crippen LogP contribution in [0.3, 0.4) is 0 Å². The third-order valence-electron chi connectivity index (χ3n) is 9.22. The molecule has 2 atom stereocenters. The molecule has 0 spiro atoms. The third kappa shape index (κ3) is 3.31. The van der Waals surface area contributed by atoms with Crippen molar-refractivity contribution in [3.63, 3.8) is 0 Å². The number of aryl methyl sites for hydroxylation is 2. The topological polar surface area (TPSA) is 66.0 Å². The van der Waals surface area contributed by atoms with Crippen molar-refractivity contribution in [1.82, 2.24) is 0 Å². The van der Waals surface area contributed by atoms with Crippen molar-refractivity contribution >= 4 is 0 Å². The minimum Gasteiger partial charge on any atom is -0.388 e.